The Balaban J connectivity index is 0.000000171. The maximum atomic E-state index is 2.37. The lowest BCUT2D eigenvalue weighted by Gasteiger charge is -2.19. The van der Waals surface area contributed by atoms with Crippen LogP contribution in [0.5, 0.6) is 0 Å². The van der Waals surface area contributed by atoms with E-state index in [1.165, 1.54) is 32.1 Å². The topological polar surface area (TPSA) is 0 Å². The molecule has 2 aliphatic rings. The first-order valence-corrected chi connectivity index (χ1v) is 6.12. The van der Waals surface area contributed by atoms with E-state index < -0.39 is 0 Å². The molecule has 0 aromatic heterocycles. The Bertz CT molecular complexity index is 163. The highest BCUT2D eigenvalue weighted by atomic mass is 14.3. The monoisotopic (exact) mass is 194 g/mol. The molecule has 0 heteroatoms. The van der Waals surface area contributed by atoms with Crippen molar-refractivity contribution in [1.82, 2.24) is 0 Å². The minimum absolute atomic E-state index is 0.500. The van der Waals surface area contributed by atoms with Crippen molar-refractivity contribution < 1.29 is 0 Å². The summed E-state index contributed by atoms with van der Waals surface area (Å²) in [5.41, 5.74) is 0.500. The quantitative estimate of drug-likeness (QED) is 0.486. The van der Waals surface area contributed by atoms with Crippen molar-refractivity contribution in [2.24, 2.45) is 17.3 Å². The fourth-order valence-electron chi connectivity index (χ4n) is 2.28. The first-order chi connectivity index (χ1) is 6.47. The van der Waals surface area contributed by atoms with Crippen molar-refractivity contribution in [3.63, 3.8) is 0 Å². The number of allylic oxidation sites excluding steroid dienone is 2. The number of rotatable bonds is 0. The maximum absolute atomic E-state index is 2.37. The Morgan fingerprint density at radius 1 is 0.857 bits per heavy atom. The molecule has 0 amide bonds. The molecule has 0 aromatic rings. The van der Waals surface area contributed by atoms with E-state index in [4.69, 9.17) is 0 Å². The van der Waals surface area contributed by atoms with Gasteiger partial charge in [-0.05, 0) is 42.9 Å². The van der Waals surface area contributed by atoms with Crippen LogP contribution in [0, 0.1) is 17.3 Å². The lowest BCUT2D eigenvalue weighted by atomic mass is 9.86. The van der Waals surface area contributed by atoms with Crippen LogP contribution >= 0.6 is 0 Å². The molecule has 82 valence electrons. The summed E-state index contributed by atoms with van der Waals surface area (Å²) in [7, 11) is 0. The van der Waals surface area contributed by atoms with Crippen LogP contribution in [0.1, 0.15) is 59.8 Å². The van der Waals surface area contributed by atoms with Gasteiger partial charge in [0, 0.05) is 0 Å². The van der Waals surface area contributed by atoms with Gasteiger partial charge in [0.2, 0.25) is 0 Å². The average molecular weight is 194 g/mol. The Morgan fingerprint density at radius 2 is 1.21 bits per heavy atom. The van der Waals surface area contributed by atoms with Crippen molar-refractivity contribution in [2.45, 2.75) is 59.8 Å². The highest BCUT2D eigenvalue weighted by molar-refractivity contribution is 4.96. The van der Waals surface area contributed by atoms with E-state index in [9.17, 15) is 0 Å². The van der Waals surface area contributed by atoms with Gasteiger partial charge in [-0.25, -0.2) is 0 Å². The zero-order chi connectivity index (χ0) is 10.6. The number of hydrogen-bond donors (Lipinski definition) is 0. The predicted octanol–water partition coefficient (Wildman–Crippen LogP) is 4.81. The van der Waals surface area contributed by atoms with Gasteiger partial charge in [0.1, 0.15) is 0 Å². The first-order valence-electron chi connectivity index (χ1n) is 6.12. The molecular weight excluding hydrogens is 168 g/mol. The molecule has 0 spiro atoms. The largest absolute Gasteiger partial charge is 0.0882 e. The second-order valence-electron chi connectivity index (χ2n) is 6.39. The molecule has 2 aliphatic carbocycles. The van der Waals surface area contributed by atoms with E-state index in [1.54, 1.807) is 0 Å². The van der Waals surface area contributed by atoms with Gasteiger partial charge in [-0.1, -0.05) is 46.3 Å². The predicted molar refractivity (Wildman–Crippen MR) is 64.3 cm³/mol. The summed E-state index contributed by atoms with van der Waals surface area (Å²) in [5.74, 6) is 2.16. The van der Waals surface area contributed by atoms with Crippen molar-refractivity contribution in [2.75, 3.05) is 0 Å². The third-order valence-corrected chi connectivity index (χ3v) is 2.86. The zero-order valence-corrected chi connectivity index (χ0v) is 10.3. The molecule has 0 heterocycles. The molecule has 0 saturated heterocycles. The van der Waals surface area contributed by atoms with E-state index in [2.05, 4.69) is 39.8 Å². The van der Waals surface area contributed by atoms with Crippen LogP contribution in [0.2, 0.25) is 0 Å². The fraction of sp³-hybridized carbons (Fsp3) is 0.857. The van der Waals surface area contributed by atoms with Gasteiger partial charge in [-0.3, -0.25) is 0 Å². The van der Waals surface area contributed by atoms with Crippen LogP contribution in [-0.2, 0) is 0 Å². The highest BCUT2D eigenvalue weighted by Gasteiger charge is 2.26. The molecule has 0 N–H and O–H groups in total. The van der Waals surface area contributed by atoms with Crippen LogP contribution in [0.4, 0.5) is 0 Å². The molecule has 1 saturated carbocycles. The van der Waals surface area contributed by atoms with Gasteiger partial charge < -0.3 is 0 Å². The minimum atomic E-state index is 0.500. The number of hydrogen-bond acceptors (Lipinski definition) is 0. The highest BCUT2D eigenvalue weighted by Crippen LogP contribution is 2.38. The summed E-state index contributed by atoms with van der Waals surface area (Å²) in [4.78, 5) is 0. The summed E-state index contributed by atoms with van der Waals surface area (Å²) in [6, 6.07) is 0. The van der Waals surface area contributed by atoms with E-state index in [1.807, 2.05) is 0 Å². The summed E-state index contributed by atoms with van der Waals surface area (Å²) < 4.78 is 0. The van der Waals surface area contributed by atoms with Crippen LogP contribution in [0.15, 0.2) is 12.2 Å². The van der Waals surface area contributed by atoms with Crippen molar-refractivity contribution in [3.05, 3.63) is 12.2 Å². The van der Waals surface area contributed by atoms with Crippen molar-refractivity contribution in [3.8, 4) is 0 Å². The van der Waals surface area contributed by atoms with E-state index in [-0.39, 0.29) is 0 Å². The molecule has 0 bridgehead atoms. The second-order valence-corrected chi connectivity index (χ2v) is 6.39. The first kappa shape index (κ1) is 11.8. The van der Waals surface area contributed by atoms with Crippen molar-refractivity contribution >= 4 is 0 Å². The molecular formula is C14H26. The Kier molecular flexibility index (Phi) is 4.22. The summed E-state index contributed by atoms with van der Waals surface area (Å²) >= 11 is 0. The molecule has 14 heavy (non-hydrogen) atoms. The van der Waals surface area contributed by atoms with Crippen LogP contribution in [-0.4, -0.2) is 0 Å². The van der Waals surface area contributed by atoms with E-state index in [0.29, 0.717) is 5.41 Å². The molecule has 0 aliphatic heterocycles. The van der Waals surface area contributed by atoms with E-state index in [0.717, 1.165) is 11.8 Å². The lowest BCUT2D eigenvalue weighted by molar-refractivity contribution is 0.380. The van der Waals surface area contributed by atoms with Crippen LogP contribution < -0.4 is 0 Å². The normalized spacial score (nSPS) is 30.6. The summed E-state index contributed by atoms with van der Waals surface area (Å²) in [6.07, 6.45) is 12.0. The van der Waals surface area contributed by atoms with Gasteiger partial charge in [0.15, 0.2) is 0 Å². The van der Waals surface area contributed by atoms with Gasteiger partial charge in [0.25, 0.3) is 0 Å². The second kappa shape index (κ2) is 5.00. The van der Waals surface area contributed by atoms with Gasteiger partial charge in [-0.15, -0.1) is 0 Å². The molecule has 1 fully saturated rings. The van der Waals surface area contributed by atoms with Gasteiger partial charge in [-0.2, -0.15) is 0 Å². The summed E-state index contributed by atoms with van der Waals surface area (Å²) in [6.45, 7) is 8.75. The molecule has 2 atom stereocenters. The maximum Gasteiger partial charge on any atom is -0.0319 e. The Labute approximate surface area is 89.8 Å². The molecule has 2 rings (SSSR count). The Hall–Kier alpha value is -0.260. The van der Waals surface area contributed by atoms with Gasteiger partial charge >= 0.3 is 0 Å². The summed E-state index contributed by atoms with van der Waals surface area (Å²) in [5, 5.41) is 0. The molecule has 0 nitrogen and oxygen atoms in total. The Morgan fingerprint density at radius 3 is 1.57 bits per heavy atom. The lowest BCUT2D eigenvalue weighted by Crippen LogP contribution is -2.08. The van der Waals surface area contributed by atoms with Crippen LogP contribution in [0.25, 0.3) is 0 Å². The third kappa shape index (κ3) is 4.83. The van der Waals surface area contributed by atoms with Crippen molar-refractivity contribution in [1.29, 1.82) is 0 Å². The van der Waals surface area contributed by atoms with E-state index >= 15 is 0 Å². The molecule has 0 radical (unpaired) electrons. The minimum Gasteiger partial charge on any atom is -0.0882 e. The SMILES string of the molecule is C1=CCC2CCCC2C1.CC(C)(C)C. The van der Waals surface area contributed by atoms with Crippen LogP contribution in [0.3, 0.4) is 0 Å². The third-order valence-electron chi connectivity index (χ3n) is 2.86. The average Bonchev–Trinajstić information content (AvgIpc) is 2.47. The number of fused-ring (bicyclic) bond motifs is 1. The standard InChI is InChI=1S/C9H14.C5H12/c1-2-5-9-7-3-6-8(9)4-1;1-5(2,3)4/h1-2,8-9H,3-7H2;1-4H3. The fourth-order valence-corrected chi connectivity index (χ4v) is 2.28. The molecule has 2 unspecified atom stereocenters. The molecule has 0 aromatic carbocycles. The smallest absolute Gasteiger partial charge is 0.0319 e. The van der Waals surface area contributed by atoms with Gasteiger partial charge in [0.05, 0.1) is 0 Å². The zero-order valence-electron chi connectivity index (χ0n) is 10.3.